The SMILES string of the molecule is C=C(CCCC)C(=O)O.[SiH3]O[SiH3]. The van der Waals surface area contributed by atoms with E-state index < -0.39 is 5.97 Å². The van der Waals surface area contributed by atoms with Crippen LogP contribution in [-0.2, 0) is 8.91 Å². The van der Waals surface area contributed by atoms with Crippen molar-refractivity contribution in [2.75, 3.05) is 0 Å². The zero-order valence-electron chi connectivity index (χ0n) is 8.09. The third-order valence-corrected chi connectivity index (χ3v) is 1.13. The van der Waals surface area contributed by atoms with Crippen LogP contribution in [0.1, 0.15) is 26.2 Å². The third-order valence-electron chi connectivity index (χ3n) is 1.13. The molecule has 0 aliphatic carbocycles. The molecule has 1 N–H and O–H groups in total. The molecule has 0 aliphatic rings. The molecule has 0 rings (SSSR count). The van der Waals surface area contributed by atoms with Crippen LogP contribution in [0.25, 0.3) is 0 Å². The molecule has 0 aromatic heterocycles. The molecule has 0 saturated carbocycles. The maximum atomic E-state index is 10.1. The summed E-state index contributed by atoms with van der Waals surface area (Å²) in [5.74, 6) is -0.872. The fourth-order valence-electron chi connectivity index (χ4n) is 0.497. The average molecular weight is 206 g/mol. The third kappa shape index (κ3) is 12.3. The summed E-state index contributed by atoms with van der Waals surface area (Å²) in [5, 5.41) is 8.31. The number of hydrogen-bond acceptors (Lipinski definition) is 2. The van der Waals surface area contributed by atoms with Gasteiger partial charge in [-0.3, -0.25) is 0 Å². The molecule has 3 nitrogen and oxygen atoms in total. The lowest BCUT2D eigenvalue weighted by Gasteiger charge is -1.95. The molecular formula is C7H18O3Si2. The van der Waals surface area contributed by atoms with Gasteiger partial charge in [-0.2, -0.15) is 0 Å². The molecule has 0 aromatic carbocycles. The van der Waals surface area contributed by atoms with Gasteiger partial charge in [-0.05, 0) is 12.8 Å². The van der Waals surface area contributed by atoms with Crippen molar-refractivity contribution in [3.8, 4) is 0 Å². The van der Waals surface area contributed by atoms with E-state index in [-0.39, 0.29) is 0 Å². The predicted molar refractivity (Wildman–Crippen MR) is 57.3 cm³/mol. The highest BCUT2D eigenvalue weighted by Gasteiger charge is 2.00. The van der Waals surface area contributed by atoms with Crippen LogP contribution >= 0.6 is 0 Å². The minimum Gasteiger partial charge on any atom is -0.478 e. The van der Waals surface area contributed by atoms with E-state index in [1.54, 1.807) is 0 Å². The molecule has 5 heteroatoms. The number of unbranched alkanes of at least 4 members (excludes halogenated alkanes) is 1. The summed E-state index contributed by atoms with van der Waals surface area (Å²) in [6.45, 7) is 5.42. The first-order valence-corrected chi connectivity index (χ1v) is 5.54. The summed E-state index contributed by atoms with van der Waals surface area (Å²) >= 11 is 0. The topological polar surface area (TPSA) is 46.5 Å². The van der Waals surface area contributed by atoms with E-state index in [0.717, 1.165) is 33.8 Å². The monoisotopic (exact) mass is 206 g/mol. The van der Waals surface area contributed by atoms with Gasteiger partial charge in [0.25, 0.3) is 0 Å². The summed E-state index contributed by atoms with van der Waals surface area (Å²) in [6.07, 6.45) is 2.56. The van der Waals surface area contributed by atoms with Crippen LogP contribution in [0.5, 0.6) is 0 Å². The number of rotatable bonds is 4. The van der Waals surface area contributed by atoms with Crippen molar-refractivity contribution in [1.29, 1.82) is 0 Å². The first-order valence-electron chi connectivity index (χ1n) is 3.91. The standard InChI is InChI=1S/C7H12O2.H6OSi2/c1-3-4-5-6(2)7(8)9;2-1-3/h2-5H2,1H3,(H,8,9);2-3H3. The Morgan fingerprint density at radius 3 is 2.25 bits per heavy atom. The van der Waals surface area contributed by atoms with E-state index in [4.69, 9.17) is 5.11 Å². The van der Waals surface area contributed by atoms with Gasteiger partial charge in [-0.1, -0.05) is 19.9 Å². The largest absolute Gasteiger partial charge is 0.478 e. The van der Waals surface area contributed by atoms with Crippen LogP contribution in [0.2, 0.25) is 0 Å². The Labute approximate surface area is 79.9 Å². The lowest BCUT2D eigenvalue weighted by atomic mass is 10.1. The summed E-state index contributed by atoms with van der Waals surface area (Å²) in [5.41, 5.74) is 0.317. The summed E-state index contributed by atoms with van der Waals surface area (Å²) in [7, 11) is 1.86. The average Bonchev–Trinajstić information content (AvgIpc) is 2.01. The molecule has 0 atom stereocenters. The maximum Gasteiger partial charge on any atom is 0.330 e. The molecule has 0 fully saturated rings. The minimum absolute atomic E-state index is 0.317. The zero-order chi connectivity index (χ0) is 9.98. The van der Waals surface area contributed by atoms with Gasteiger partial charge < -0.3 is 9.22 Å². The first kappa shape index (κ1) is 14.1. The van der Waals surface area contributed by atoms with Crippen molar-refractivity contribution < 1.29 is 14.0 Å². The fourth-order valence-corrected chi connectivity index (χ4v) is 0.497. The van der Waals surface area contributed by atoms with Crippen LogP contribution in [0.15, 0.2) is 12.2 Å². The Bertz CT molecular complexity index is 137. The second-order valence-electron chi connectivity index (χ2n) is 2.42. The summed E-state index contributed by atoms with van der Waals surface area (Å²) < 4.78 is 4.53. The van der Waals surface area contributed by atoms with Gasteiger partial charge in [0.15, 0.2) is 0 Å². The number of carbonyl (C=O) groups is 1. The molecule has 0 unspecified atom stereocenters. The highest BCUT2D eigenvalue weighted by Crippen LogP contribution is 2.03. The van der Waals surface area contributed by atoms with Gasteiger partial charge >= 0.3 is 5.97 Å². The first-order chi connectivity index (χ1) is 5.59. The van der Waals surface area contributed by atoms with Crippen molar-refractivity contribution in [2.24, 2.45) is 0 Å². The zero-order valence-corrected chi connectivity index (χ0v) is 12.1. The molecule has 12 heavy (non-hydrogen) atoms. The minimum atomic E-state index is -0.872. The lowest BCUT2D eigenvalue weighted by molar-refractivity contribution is -0.132. The molecule has 0 aromatic rings. The van der Waals surface area contributed by atoms with E-state index in [1.165, 1.54) is 0 Å². The molecular weight excluding hydrogens is 188 g/mol. The Morgan fingerprint density at radius 1 is 1.58 bits per heavy atom. The Balaban J connectivity index is 0. The molecule has 0 amide bonds. The molecule has 72 valence electrons. The molecule has 0 radical (unpaired) electrons. The van der Waals surface area contributed by atoms with Crippen LogP contribution in [0.4, 0.5) is 0 Å². The predicted octanol–water partition coefficient (Wildman–Crippen LogP) is -0.619. The maximum absolute atomic E-state index is 10.1. The Kier molecular flexibility index (Phi) is 12.5. The summed E-state index contributed by atoms with van der Waals surface area (Å²) in [4.78, 5) is 10.1. The van der Waals surface area contributed by atoms with Gasteiger partial charge in [0.05, 0.1) is 0 Å². The molecule has 0 aliphatic heterocycles. The molecule has 0 bridgehead atoms. The van der Waals surface area contributed by atoms with Crippen molar-refractivity contribution in [3.05, 3.63) is 12.2 Å². The highest BCUT2D eigenvalue weighted by molar-refractivity contribution is 6.15. The van der Waals surface area contributed by atoms with Gasteiger partial charge in [-0.25, -0.2) is 4.79 Å². The van der Waals surface area contributed by atoms with Gasteiger partial charge in [-0.15, -0.1) is 0 Å². The van der Waals surface area contributed by atoms with E-state index in [0.29, 0.717) is 12.0 Å². The second kappa shape index (κ2) is 10.6. The van der Waals surface area contributed by atoms with Crippen molar-refractivity contribution >= 4 is 26.9 Å². The molecule has 0 heterocycles. The van der Waals surface area contributed by atoms with E-state index in [1.807, 2.05) is 6.92 Å². The quantitative estimate of drug-likeness (QED) is 0.493. The second-order valence-corrected chi connectivity index (χ2v) is 5.69. The van der Waals surface area contributed by atoms with Crippen molar-refractivity contribution in [3.63, 3.8) is 0 Å². The van der Waals surface area contributed by atoms with E-state index in [2.05, 4.69) is 10.7 Å². The van der Waals surface area contributed by atoms with Gasteiger partial charge in [0.1, 0.15) is 21.0 Å². The van der Waals surface area contributed by atoms with Gasteiger partial charge in [0.2, 0.25) is 0 Å². The van der Waals surface area contributed by atoms with Gasteiger partial charge in [0, 0.05) is 5.57 Å². The normalized spacial score (nSPS) is 8.75. The smallest absolute Gasteiger partial charge is 0.330 e. The van der Waals surface area contributed by atoms with Crippen molar-refractivity contribution in [1.82, 2.24) is 0 Å². The number of carboxylic acid groups (broad SMARTS) is 1. The van der Waals surface area contributed by atoms with Crippen LogP contribution < -0.4 is 0 Å². The molecule has 0 saturated heterocycles. The Hall–Kier alpha value is -0.396. The number of aliphatic carboxylic acids is 1. The highest BCUT2D eigenvalue weighted by atomic mass is 28.3. The molecule has 0 spiro atoms. The van der Waals surface area contributed by atoms with Crippen LogP contribution in [0, 0.1) is 0 Å². The number of hydrogen-bond donors (Lipinski definition) is 1. The Morgan fingerprint density at radius 2 is 2.00 bits per heavy atom. The van der Waals surface area contributed by atoms with Crippen LogP contribution in [-0.4, -0.2) is 32.0 Å². The van der Waals surface area contributed by atoms with E-state index in [9.17, 15) is 4.79 Å². The summed E-state index contributed by atoms with van der Waals surface area (Å²) in [6, 6.07) is 0. The van der Waals surface area contributed by atoms with Crippen molar-refractivity contribution in [2.45, 2.75) is 26.2 Å². The van der Waals surface area contributed by atoms with E-state index >= 15 is 0 Å². The fraction of sp³-hybridized carbons (Fsp3) is 0.571. The number of carboxylic acids is 1. The van der Waals surface area contributed by atoms with Crippen LogP contribution in [0.3, 0.4) is 0 Å². The lowest BCUT2D eigenvalue weighted by Crippen LogP contribution is -1.97.